The van der Waals surface area contributed by atoms with Gasteiger partial charge in [-0.3, -0.25) is 0 Å². The Balaban J connectivity index is 2.39. The highest BCUT2D eigenvalue weighted by Crippen LogP contribution is 2.42. The van der Waals surface area contributed by atoms with Crippen LogP contribution in [0.3, 0.4) is 0 Å². The number of ether oxygens (including phenoxy) is 2. The van der Waals surface area contributed by atoms with E-state index >= 15 is 0 Å². The number of methoxy groups -OCH3 is 2. The quantitative estimate of drug-likeness (QED) is 0.609. The zero-order chi connectivity index (χ0) is 19.7. The second-order valence-electron chi connectivity index (χ2n) is 5.67. The molecule has 0 amide bonds. The average Bonchev–Trinajstić information content (AvgIpc) is 2.63. The lowest BCUT2D eigenvalue weighted by atomic mass is 9.94. The van der Waals surface area contributed by atoms with E-state index in [4.69, 9.17) is 21.1 Å². The number of halogens is 4. The Morgan fingerprint density at radius 2 is 1.33 bits per heavy atom. The largest absolute Gasteiger partial charge is 0.497 e. The van der Waals surface area contributed by atoms with Crippen molar-refractivity contribution in [2.24, 2.45) is 0 Å². The highest BCUT2D eigenvalue weighted by Gasteiger charge is 2.24. The predicted molar refractivity (Wildman–Crippen MR) is 95.6 cm³/mol. The van der Waals surface area contributed by atoms with Crippen LogP contribution in [0.1, 0.15) is 5.69 Å². The normalized spacial score (nSPS) is 10.8. The second kappa shape index (κ2) is 7.44. The molecule has 0 atom stereocenters. The molecule has 0 saturated heterocycles. The number of aryl methyl sites for hydroxylation is 1. The van der Waals surface area contributed by atoms with E-state index in [1.807, 2.05) is 0 Å². The summed E-state index contributed by atoms with van der Waals surface area (Å²) in [5.41, 5.74) is 0.529. The highest BCUT2D eigenvalue weighted by molar-refractivity contribution is 6.32. The maximum absolute atomic E-state index is 14.5. The first-order valence-corrected chi connectivity index (χ1v) is 8.14. The number of hydrogen-bond donors (Lipinski definition) is 0. The molecule has 3 rings (SSSR count). The van der Waals surface area contributed by atoms with Gasteiger partial charge in [0.05, 0.1) is 25.5 Å². The Morgan fingerprint density at radius 3 is 1.85 bits per heavy atom. The van der Waals surface area contributed by atoms with Crippen LogP contribution in [0, 0.1) is 24.4 Å². The molecule has 0 N–H and O–H groups in total. The number of nitrogens with zero attached hydrogens (tertiary/aromatic N) is 2. The van der Waals surface area contributed by atoms with Gasteiger partial charge in [0.1, 0.15) is 29.0 Å². The molecule has 0 bridgehead atoms. The number of aromatic nitrogens is 2. The summed E-state index contributed by atoms with van der Waals surface area (Å²) in [4.78, 5) is 0. The molecule has 0 spiro atoms. The van der Waals surface area contributed by atoms with Crippen molar-refractivity contribution in [2.75, 3.05) is 14.2 Å². The Hall–Kier alpha value is -2.80. The molecular formula is C19H14ClF3N2O2. The van der Waals surface area contributed by atoms with Crippen LogP contribution >= 0.6 is 11.6 Å². The topological polar surface area (TPSA) is 44.2 Å². The Bertz CT molecular complexity index is 983. The summed E-state index contributed by atoms with van der Waals surface area (Å²) in [6.07, 6.45) is 0. The minimum Gasteiger partial charge on any atom is -0.497 e. The fourth-order valence-corrected chi connectivity index (χ4v) is 3.05. The third-order valence-corrected chi connectivity index (χ3v) is 4.27. The van der Waals surface area contributed by atoms with Crippen LogP contribution in [0.4, 0.5) is 13.2 Å². The van der Waals surface area contributed by atoms with E-state index in [0.29, 0.717) is 29.2 Å². The monoisotopic (exact) mass is 394 g/mol. The molecule has 3 aromatic rings. The summed E-state index contributed by atoms with van der Waals surface area (Å²) >= 11 is 6.24. The van der Waals surface area contributed by atoms with Crippen molar-refractivity contribution in [2.45, 2.75) is 6.92 Å². The molecule has 140 valence electrons. The zero-order valence-corrected chi connectivity index (χ0v) is 15.4. The van der Waals surface area contributed by atoms with E-state index in [-0.39, 0.29) is 22.0 Å². The van der Waals surface area contributed by atoms with Crippen LogP contribution < -0.4 is 9.47 Å². The van der Waals surface area contributed by atoms with E-state index < -0.39 is 23.0 Å². The predicted octanol–water partition coefficient (Wildman–Crippen LogP) is 5.21. The van der Waals surface area contributed by atoms with Gasteiger partial charge >= 0.3 is 0 Å². The summed E-state index contributed by atoms with van der Waals surface area (Å²) in [6.45, 7) is 1.53. The number of benzene rings is 2. The molecule has 1 aromatic heterocycles. The van der Waals surface area contributed by atoms with Crippen molar-refractivity contribution in [1.29, 1.82) is 0 Å². The van der Waals surface area contributed by atoms with Crippen LogP contribution in [0.15, 0.2) is 30.3 Å². The van der Waals surface area contributed by atoms with E-state index in [2.05, 4.69) is 10.2 Å². The molecule has 0 aliphatic rings. The maximum Gasteiger partial charge on any atom is 0.160 e. The fraction of sp³-hybridized carbons (Fsp3) is 0.158. The molecule has 1 heterocycles. The van der Waals surface area contributed by atoms with E-state index in [1.165, 1.54) is 21.1 Å². The number of rotatable bonds is 4. The molecule has 2 aromatic carbocycles. The van der Waals surface area contributed by atoms with Crippen molar-refractivity contribution in [3.63, 3.8) is 0 Å². The molecule has 0 fully saturated rings. The van der Waals surface area contributed by atoms with Crippen molar-refractivity contribution in [3.05, 3.63) is 58.6 Å². The summed E-state index contributed by atoms with van der Waals surface area (Å²) in [5, 5.41) is 7.63. The van der Waals surface area contributed by atoms with Gasteiger partial charge < -0.3 is 9.47 Å². The second-order valence-corrected chi connectivity index (χ2v) is 6.03. The van der Waals surface area contributed by atoms with Crippen molar-refractivity contribution in [1.82, 2.24) is 10.2 Å². The van der Waals surface area contributed by atoms with Gasteiger partial charge in [-0.2, -0.15) is 5.10 Å². The Kier molecular flexibility index (Phi) is 5.23. The summed E-state index contributed by atoms with van der Waals surface area (Å²) < 4.78 is 52.8. The van der Waals surface area contributed by atoms with E-state index in [1.54, 1.807) is 18.2 Å². The van der Waals surface area contributed by atoms with Crippen molar-refractivity contribution in [3.8, 4) is 33.8 Å². The van der Waals surface area contributed by atoms with E-state index in [9.17, 15) is 13.2 Å². The number of hydrogen-bond acceptors (Lipinski definition) is 4. The lowest BCUT2D eigenvalue weighted by Crippen LogP contribution is -2.02. The van der Waals surface area contributed by atoms with Gasteiger partial charge in [0.25, 0.3) is 0 Å². The molecule has 0 aliphatic carbocycles. The summed E-state index contributed by atoms with van der Waals surface area (Å²) in [7, 11) is 2.94. The van der Waals surface area contributed by atoms with Gasteiger partial charge in [0, 0.05) is 29.3 Å². The Labute approximate surface area is 158 Å². The smallest absolute Gasteiger partial charge is 0.160 e. The molecule has 8 heteroatoms. The first-order valence-electron chi connectivity index (χ1n) is 7.76. The zero-order valence-electron chi connectivity index (χ0n) is 14.6. The van der Waals surface area contributed by atoms with Gasteiger partial charge in [-0.25, -0.2) is 13.2 Å². The molecule has 4 nitrogen and oxygen atoms in total. The first kappa shape index (κ1) is 19.0. The molecule has 27 heavy (non-hydrogen) atoms. The fourth-order valence-electron chi connectivity index (χ4n) is 2.81. The molecule has 0 aliphatic heterocycles. The van der Waals surface area contributed by atoms with Crippen LogP contribution in [0.25, 0.3) is 22.3 Å². The Morgan fingerprint density at radius 1 is 0.778 bits per heavy atom. The van der Waals surface area contributed by atoms with Gasteiger partial charge in [0.2, 0.25) is 0 Å². The van der Waals surface area contributed by atoms with Gasteiger partial charge in [-0.1, -0.05) is 11.6 Å². The first-order chi connectivity index (χ1) is 12.8. The molecule has 0 saturated carbocycles. The maximum atomic E-state index is 14.5. The molecule has 0 unspecified atom stereocenters. The van der Waals surface area contributed by atoms with E-state index in [0.717, 1.165) is 0 Å². The summed E-state index contributed by atoms with van der Waals surface area (Å²) in [6, 6.07) is 6.07. The van der Waals surface area contributed by atoms with Crippen LogP contribution in [-0.2, 0) is 0 Å². The van der Waals surface area contributed by atoms with Crippen LogP contribution in [0.5, 0.6) is 11.5 Å². The van der Waals surface area contributed by atoms with Crippen LogP contribution in [0.2, 0.25) is 5.15 Å². The van der Waals surface area contributed by atoms with Gasteiger partial charge in [0.15, 0.2) is 5.15 Å². The lowest BCUT2D eigenvalue weighted by molar-refractivity contribution is 0.394. The van der Waals surface area contributed by atoms with Crippen molar-refractivity contribution < 1.29 is 22.6 Å². The van der Waals surface area contributed by atoms with Crippen molar-refractivity contribution >= 4 is 11.6 Å². The molecular weight excluding hydrogens is 381 g/mol. The van der Waals surface area contributed by atoms with Crippen LogP contribution in [-0.4, -0.2) is 24.4 Å². The third-order valence-electron chi connectivity index (χ3n) is 4.00. The lowest BCUT2D eigenvalue weighted by Gasteiger charge is -2.16. The minimum absolute atomic E-state index is 0.0697. The highest BCUT2D eigenvalue weighted by atomic mass is 35.5. The third kappa shape index (κ3) is 3.55. The summed E-state index contributed by atoms with van der Waals surface area (Å²) in [5.74, 6) is -2.28. The minimum atomic E-state index is -1.07. The van der Waals surface area contributed by atoms with Gasteiger partial charge in [-0.15, -0.1) is 5.10 Å². The average molecular weight is 395 g/mol. The van der Waals surface area contributed by atoms with Gasteiger partial charge in [-0.05, 0) is 24.6 Å². The standard InChI is InChI=1S/C19H14ClF3N2O2/c1-9-16(18-14(22)6-11(21)7-15(18)23)17(19(20)25-24-9)10-4-12(26-2)8-13(5-10)27-3/h4-8H,1-3H3. The SMILES string of the molecule is COc1cc(OC)cc(-c2c(Cl)nnc(C)c2-c2c(F)cc(F)cc2F)c1. The molecule has 0 radical (unpaired) electrons.